The van der Waals surface area contributed by atoms with E-state index in [-0.39, 0.29) is 0 Å². The fourth-order valence-corrected chi connectivity index (χ4v) is 2.39. The first-order valence-electron chi connectivity index (χ1n) is 8.64. The summed E-state index contributed by atoms with van der Waals surface area (Å²) in [6.07, 6.45) is 2.28. The standard InChI is InChI=1S/C18H32O4S/c1-5-15(3)11-19-7-9-21-17-13-23-14-18(17)22-10-8-20-12-16(4)6-2/h13-16H,5-12H2,1-4H3/t15-,16-/m0/s1. The first-order valence-corrected chi connectivity index (χ1v) is 9.58. The summed E-state index contributed by atoms with van der Waals surface area (Å²) < 4.78 is 22.6. The van der Waals surface area contributed by atoms with Gasteiger partial charge in [-0.05, 0) is 11.8 Å². The van der Waals surface area contributed by atoms with E-state index in [0.717, 1.165) is 37.6 Å². The fraction of sp³-hybridized carbons (Fsp3) is 0.778. The van der Waals surface area contributed by atoms with Crippen molar-refractivity contribution in [2.24, 2.45) is 11.8 Å². The van der Waals surface area contributed by atoms with Crippen LogP contribution >= 0.6 is 11.3 Å². The minimum absolute atomic E-state index is 0.550. The van der Waals surface area contributed by atoms with Gasteiger partial charge in [-0.2, -0.15) is 0 Å². The first kappa shape index (κ1) is 20.3. The van der Waals surface area contributed by atoms with Gasteiger partial charge >= 0.3 is 0 Å². The van der Waals surface area contributed by atoms with Crippen LogP contribution in [-0.4, -0.2) is 39.6 Å². The average molecular weight is 345 g/mol. The van der Waals surface area contributed by atoms with Crippen LogP contribution in [0, 0.1) is 11.8 Å². The Morgan fingerprint density at radius 1 is 0.783 bits per heavy atom. The van der Waals surface area contributed by atoms with E-state index in [4.69, 9.17) is 18.9 Å². The normalized spacial score (nSPS) is 13.7. The highest BCUT2D eigenvalue weighted by molar-refractivity contribution is 7.08. The Hall–Kier alpha value is -0.780. The summed E-state index contributed by atoms with van der Waals surface area (Å²) in [6, 6.07) is 0. The molecule has 0 aromatic carbocycles. The molecule has 4 nitrogen and oxygen atoms in total. The average Bonchev–Trinajstić information content (AvgIpc) is 3.01. The van der Waals surface area contributed by atoms with Crippen molar-refractivity contribution in [2.45, 2.75) is 40.5 Å². The van der Waals surface area contributed by atoms with E-state index < -0.39 is 0 Å². The molecule has 0 fully saturated rings. The van der Waals surface area contributed by atoms with E-state index in [1.807, 2.05) is 10.8 Å². The zero-order chi connectivity index (χ0) is 16.9. The molecule has 23 heavy (non-hydrogen) atoms. The summed E-state index contributed by atoms with van der Waals surface area (Å²) in [4.78, 5) is 0. The third kappa shape index (κ3) is 9.18. The predicted molar refractivity (Wildman–Crippen MR) is 95.9 cm³/mol. The third-order valence-electron chi connectivity index (χ3n) is 3.76. The highest BCUT2D eigenvalue weighted by Gasteiger charge is 2.07. The Labute approximate surface area is 145 Å². The lowest BCUT2D eigenvalue weighted by Crippen LogP contribution is -2.13. The second-order valence-corrected chi connectivity index (χ2v) is 6.72. The Morgan fingerprint density at radius 2 is 1.22 bits per heavy atom. The summed E-state index contributed by atoms with van der Waals surface area (Å²) in [7, 11) is 0. The van der Waals surface area contributed by atoms with Crippen molar-refractivity contribution in [3.63, 3.8) is 0 Å². The molecule has 0 N–H and O–H groups in total. The van der Waals surface area contributed by atoms with Gasteiger partial charge in [-0.15, -0.1) is 11.3 Å². The molecule has 0 amide bonds. The molecule has 0 saturated carbocycles. The highest BCUT2D eigenvalue weighted by Crippen LogP contribution is 2.31. The maximum atomic E-state index is 5.72. The van der Waals surface area contributed by atoms with Crippen LogP contribution in [0.1, 0.15) is 40.5 Å². The Morgan fingerprint density at radius 3 is 1.61 bits per heavy atom. The van der Waals surface area contributed by atoms with E-state index in [0.29, 0.717) is 38.3 Å². The fourth-order valence-electron chi connectivity index (χ4n) is 1.71. The molecule has 2 atom stereocenters. The Balaban J connectivity index is 2.13. The number of thiophene rings is 1. The van der Waals surface area contributed by atoms with Crippen LogP contribution in [0.2, 0.25) is 0 Å². The largest absolute Gasteiger partial charge is 0.486 e. The van der Waals surface area contributed by atoms with E-state index in [2.05, 4.69) is 27.7 Å². The number of hydrogen-bond acceptors (Lipinski definition) is 5. The van der Waals surface area contributed by atoms with Crippen LogP contribution < -0.4 is 9.47 Å². The van der Waals surface area contributed by atoms with Crippen molar-refractivity contribution >= 4 is 11.3 Å². The molecule has 0 unspecified atom stereocenters. The quantitative estimate of drug-likeness (QED) is 0.461. The number of ether oxygens (including phenoxy) is 4. The molecule has 134 valence electrons. The molecule has 0 aliphatic rings. The van der Waals surface area contributed by atoms with Crippen molar-refractivity contribution in [3.05, 3.63) is 10.8 Å². The topological polar surface area (TPSA) is 36.9 Å². The third-order valence-corrected chi connectivity index (χ3v) is 4.46. The maximum Gasteiger partial charge on any atom is 0.171 e. The van der Waals surface area contributed by atoms with Gasteiger partial charge in [-0.1, -0.05) is 40.5 Å². The summed E-state index contributed by atoms with van der Waals surface area (Å²) in [6.45, 7) is 12.6. The molecular weight excluding hydrogens is 312 g/mol. The van der Waals surface area contributed by atoms with Gasteiger partial charge in [0.25, 0.3) is 0 Å². The summed E-state index contributed by atoms with van der Waals surface area (Å²) in [5.41, 5.74) is 0. The lowest BCUT2D eigenvalue weighted by Gasteiger charge is -2.12. The first-order chi connectivity index (χ1) is 11.2. The van der Waals surface area contributed by atoms with Gasteiger partial charge in [0.05, 0.1) is 13.2 Å². The van der Waals surface area contributed by atoms with Crippen LogP contribution in [0.5, 0.6) is 11.5 Å². The van der Waals surface area contributed by atoms with E-state index in [1.54, 1.807) is 11.3 Å². The molecular formula is C18H32O4S. The molecule has 0 aliphatic heterocycles. The van der Waals surface area contributed by atoms with Gasteiger partial charge in [0.2, 0.25) is 0 Å². The van der Waals surface area contributed by atoms with Crippen molar-refractivity contribution in [1.82, 2.24) is 0 Å². The minimum Gasteiger partial charge on any atom is -0.486 e. The second kappa shape index (κ2) is 12.6. The van der Waals surface area contributed by atoms with Gasteiger partial charge in [0, 0.05) is 24.0 Å². The molecule has 5 heteroatoms. The molecule has 1 aromatic rings. The number of rotatable bonds is 14. The van der Waals surface area contributed by atoms with Crippen LogP contribution in [0.3, 0.4) is 0 Å². The van der Waals surface area contributed by atoms with Crippen LogP contribution in [-0.2, 0) is 9.47 Å². The molecule has 0 aliphatic carbocycles. The van der Waals surface area contributed by atoms with Gasteiger partial charge in [-0.3, -0.25) is 0 Å². The molecule has 0 saturated heterocycles. The Kier molecular flexibility index (Phi) is 11.1. The summed E-state index contributed by atoms with van der Waals surface area (Å²) in [5, 5.41) is 3.92. The van der Waals surface area contributed by atoms with Crippen molar-refractivity contribution < 1.29 is 18.9 Å². The van der Waals surface area contributed by atoms with Gasteiger partial charge in [-0.25, -0.2) is 0 Å². The van der Waals surface area contributed by atoms with E-state index in [1.165, 1.54) is 0 Å². The van der Waals surface area contributed by atoms with Gasteiger partial charge in [0.1, 0.15) is 13.2 Å². The van der Waals surface area contributed by atoms with Crippen molar-refractivity contribution in [3.8, 4) is 11.5 Å². The summed E-state index contributed by atoms with van der Waals surface area (Å²) in [5.74, 6) is 2.80. The molecule has 1 heterocycles. The zero-order valence-electron chi connectivity index (χ0n) is 15.0. The molecule has 0 bridgehead atoms. The smallest absolute Gasteiger partial charge is 0.171 e. The van der Waals surface area contributed by atoms with E-state index in [9.17, 15) is 0 Å². The SMILES string of the molecule is CC[C@H](C)COCCOc1cscc1OCCOC[C@@H](C)CC. The van der Waals surface area contributed by atoms with E-state index >= 15 is 0 Å². The predicted octanol–water partition coefficient (Wildman–Crippen LogP) is 4.63. The molecule has 0 radical (unpaired) electrons. The lowest BCUT2D eigenvalue weighted by molar-refractivity contribution is 0.0704. The monoisotopic (exact) mass is 344 g/mol. The Bertz CT molecular complexity index is 360. The molecule has 0 spiro atoms. The number of hydrogen-bond donors (Lipinski definition) is 0. The summed E-state index contributed by atoms with van der Waals surface area (Å²) >= 11 is 1.58. The molecule has 1 aromatic heterocycles. The minimum atomic E-state index is 0.550. The second-order valence-electron chi connectivity index (χ2n) is 5.97. The maximum absolute atomic E-state index is 5.72. The van der Waals surface area contributed by atoms with Gasteiger partial charge in [0.15, 0.2) is 11.5 Å². The van der Waals surface area contributed by atoms with Gasteiger partial charge < -0.3 is 18.9 Å². The zero-order valence-corrected chi connectivity index (χ0v) is 15.8. The van der Waals surface area contributed by atoms with Crippen LogP contribution in [0.4, 0.5) is 0 Å². The van der Waals surface area contributed by atoms with Crippen LogP contribution in [0.25, 0.3) is 0 Å². The lowest BCUT2D eigenvalue weighted by atomic mass is 10.1. The molecule has 1 rings (SSSR count). The van der Waals surface area contributed by atoms with Crippen LogP contribution in [0.15, 0.2) is 10.8 Å². The highest BCUT2D eigenvalue weighted by atomic mass is 32.1. The van der Waals surface area contributed by atoms with Crippen molar-refractivity contribution in [1.29, 1.82) is 0 Å². The van der Waals surface area contributed by atoms with Crippen molar-refractivity contribution in [2.75, 3.05) is 39.6 Å².